The summed E-state index contributed by atoms with van der Waals surface area (Å²) in [5.41, 5.74) is 0. The van der Waals surface area contributed by atoms with Gasteiger partial charge in [0.2, 0.25) is 0 Å². The van der Waals surface area contributed by atoms with E-state index < -0.39 is 8.32 Å². The lowest BCUT2D eigenvalue weighted by Crippen LogP contribution is -2.44. The van der Waals surface area contributed by atoms with Crippen molar-refractivity contribution in [3.8, 4) is 6.07 Å². The van der Waals surface area contributed by atoms with Gasteiger partial charge in [0.05, 0.1) is 6.07 Å². The molecule has 15 heavy (non-hydrogen) atoms. The molecule has 0 spiro atoms. The quantitative estimate of drug-likeness (QED) is 0.539. The van der Waals surface area contributed by atoms with Crippen LogP contribution in [0.3, 0.4) is 0 Å². The van der Waals surface area contributed by atoms with Crippen molar-refractivity contribution in [1.82, 2.24) is 0 Å². The van der Waals surface area contributed by atoms with Gasteiger partial charge in [0, 0.05) is 5.92 Å². The summed E-state index contributed by atoms with van der Waals surface area (Å²) in [7, 11) is -1.84. The summed E-state index contributed by atoms with van der Waals surface area (Å²) >= 11 is 0. The summed E-state index contributed by atoms with van der Waals surface area (Å²) in [4.78, 5) is 0. The normalized spacial score (nSPS) is 16.6. The average Bonchev–Trinajstić information content (AvgIpc) is 2.11. The van der Waals surface area contributed by atoms with Crippen LogP contribution in [-0.4, -0.2) is 14.4 Å². The minimum absolute atomic E-state index is 0.0872. The van der Waals surface area contributed by atoms with Gasteiger partial charge in [0.1, 0.15) is 6.10 Å². The molecule has 0 rings (SSSR count). The number of nitrogens with zero attached hydrogens (tertiary/aromatic N) is 1. The van der Waals surface area contributed by atoms with E-state index in [2.05, 4.69) is 46.5 Å². The molecule has 0 aromatic heterocycles. The lowest BCUT2D eigenvalue weighted by Gasteiger charge is -2.38. The van der Waals surface area contributed by atoms with Crippen molar-refractivity contribution >= 4 is 8.32 Å². The second-order valence-corrected chi connectivity index (χ2v) is 10.3. The van der Waals surface area contributed by atoms with Gasteiger partial charge in [-0.2, -0.15) is 5.26 Å². The van der Waals surface area contributed by atoms with Crippen LogP contribution in [0.2, 0.25) is 18.1 Å². The van der Waals surface area contributed by atoms with E-state index in [1.165, 1.54) is 0 Å². The van der Waals surface area contributed by atoms with Gasteiger partial charge < -0.3 is 4.43 Å². The molecule has 0 amide bonds. The molecule has 86 valence electrons. The van der Waals surface area contributed by atoms with Crippen LogP contribution in [0, 0.1) is 17.2 Å². The first kappa shape index (κ1) is 14.4. The van der Waals surface area contributed by atoms with E-state index in [1.54, 1.807) is 6.08 Å². The molecular formula is C12H23NOSi. The Labute approximate surface area is 95.1 Å². The molecule has 2 nitrogen and oxygen atoms in total. The second-order valence-electron chi connectivity index (χ2n) is 5.52. The lowest BCUT2D eigenvalue weighted by atomic mass is 10.1. The number of rotatable bonds is 4. The minimum Gasteiger partial charge on any atom is -0.401 e. The third-order valence-corrected chi connectivity index (χ3v) is 7.66. The number of nitriles is 1. The summed E-state index contributed by atoms with van der Waals surface area (Å²) in [6.07, 6.45) is 1.42. The summed E-state index contributed by atoms with van der Waals surface area (Å²) in [6, 6.07) is 2.22. The Morgan fingerprint density at radius 3 is 2.13 bits per heavy atom. The first-order valence-corrected chi connectivity index (χ1v) is 8.26. The van der Waals surface area contributed by atoms with Crippen LogP contribution in [0.4, 0.5) is 0 Å². The summed E-state index contributed by atoms with van der Waals surface area (Å²) in [5.74, 6) is 0.0872. The predicted molar refractivity (Wildman–Crippen MR) is 67.0 cm³/mol. The van der Waals surface area contributed by atoms with Crippen molar-refractivity contribution in [2.75, 3.05) is 0 Å². The Hall–Kier alpha value is -0.593. The highest BCUT2D eigenvalue weighted by molar-refractivity contribution is 6.74. The van der Waals surface area contributed by atoms with E-state index >= 15 is 0 Å². The standard InChI is InChI=1S/C12H23NOSi/c1-8-10(2)11(9-13)14-15(6,7)12(3,4)5/h8,10-11H,1H2,2-7H3/t10-,11-/m0/s1. The highest BCUT2D eigenvalue weighted by Gasteiger charge is 2.39. The predicted octanol–water partition coefficient (Wildman–Crippen LogP) is 3.72. The molecule has 0 aliphatic carbocycles. The maximum absolute atomic E-state index is 9.06. The van der Waals surface area contributed by atoms with Crippen LogP contribution in [0.5, 0.6) is 0 Å². The lowest BCUT2D eigenvalue weighted by molar-refractivity contribution is 0.196. The average molecular weight is 225 g/mol. The number of hydrogen-bond acceptors (Lipinski definition) is 2. The van der Waals surface area contributed by atoms with Crippen LogP contribution < -0.4 is 0 Å². The molecule has 3 heteroatoms. The van der Waals surface area contributed by atoms with Crippen molar-refractivity contribution in [1.29, 1.82) is 5.26 Å². The van der Waals surface area contributed by atoms with Gasteiger partial charge in [-0.1, -0.05) is 33.8 Å². The Bertz CT molecular complexity index is 260. The van der Waals surface area contributed by atoms with E-state index in [0.717, 1.165) is 0 Å². The van der Waals surface area contributed by atoms with Crippen molar-refractivity contribution < 1.29 is 4.43 Å². The van der Waals surface area contributed by atoms with Crippen molar-refractivity contribution in [2.24, 2.45) is 5.92 Å². The van der Waals surface area contributed by atoms with Gasteiger partial charge in [0.15, 0.2) is 8.32 Å². The van der Waals surface area contributed by atoms with E-state index in [9.17, 15) is 0 Å². The Balaban J connectivity index is 4.71. The monoisotopic (exact) mass is 225 g/mol. The molecule has 0 saturated carbocycles. The van der Waals surface area contributed by atoms with Gasteiger partial charge in [0.25, 0.3) is 0 Å². The van der Waals surface area contributed by atoms with Crippen LogP contribution in [0.15, 0.2) is 12.7 Å². The fourth-order valence-electron chi connectivity index (χ4n) is 0.869. The Morgan fingerprint density at radius 2 is 1.87 bits per heavy atom. The van der Waals surface area contributed by atoms with Crippen molar-refractivity contribution in [2.45, 2.75) is 51.9 Å². The minimum atomic E-state index is -1.84. The van der Waals surface area contributed by atoms with Crippen LogP contribution in [0.25, 0.3) is 0 Å². The third-order valence-electron chi connectivity index (χ3n) is 3.20. The molecule has 0 unspecified atom stereocenters. The van der Waals surface area contributed by atoms with Gasteiger partial charge in [-0.3, -0.25) is 0 Å². The maximum atomic E-state index is 9.06. The molecule has 0 aliphatic rings. The Morgan fingerprint density at radius 1 is 1.40 bits per heavy atom. The molecule has 0 saturated heterocycles. The van der Waals surface area contributed by atoms with E-state index in [-0.39, 0.29) is 17.1 Å². The zero-order chi connectivity index (χ0) is 12.3. The molecule has 2 atom stereocenters. The van der Waals surface area contributed by atoms with Crippen LogP contribution >= 0.6 is 0 Å². The zero-order valence-electron chi connectivity index (χ0n) is 10.8. The summed E-state index contributed by atoms with van der Waals surface area (Å²) in [6.45, 7) is 16.5. The molecule has 0 aromatic rings. The molecule has 0 aliphatic heterocycles. The fraction of sp³-hybridized carbons (Fsp3) is 0.750. The zero-order valence-corrected chi connectivity index (χ0v) is 11.8. The topological polar surface area (TPSA) is 33.0 Å². The van der Waals surface area contributed by atoms with Gasteiger partial charge >= 0.3 is 0 Å². The molecular weight excluding hydrogens is 202 g/mol. The fourth-order valence-corrected chi connectivity index (χ4v) is 2.12. The van der Waals surface area contributed by atoms with E-state index in [0.29, 0.717) is 0 Å². The molecule has 0 aromatic carbocycles. The number of hydrogen-bond donors (Lipinski definition) is 0. The van der Waals surface area contributed by atoms with Gasteiger partial charge in [-0.05, 0) is 18.1 Å². The SMILES string of the molecule is C=C[C@H](C)[C@H](C#N)O[Si](C)(C)C(C)(C)C. The summed E-state index contributed by atoms with van der Waals surface area (Å²) in [5, 5.41) is 9.20. The highest BCUT2D eigenvalue weighted by atomic mass is 28.4. The summed E-state index contributed by atoms with van der Waals surface area (Å²) < 4.78 is 6.01. The van der Waals surface area contributed by atoms with Gasteiger partial charge in [-0.15, -0.1) is 6.58 Å². The molecule has 0 bridgehead atoms. The smallest absolute Gasteiger partial charge is 0.193 e. The third kappa shape index (κ3) is 3.81. The molecule has 0 fully saturated rings. The Kier molecular flexibility index (Phi) is 4.76. The van der Waals surface area contributed by atoms with E-state index in [1.807, 2.05) is 6.92 Å². The molecule has 0 heterocycles. The van der Waals surface area contributed by atoms with Crippen LogP contribution in [-0.2, 0) is 4.43 Å². The first-order chi connectivity index (χ1) is 6.65. The molecule has 0 radical (unpaired) electrons. The van der Waals surface area contributed by atoms with Gasteiger partial charge in [-0.25, -0.2) is 0 Å². The largest absolute Gasteiger partial charge is 0.401 e. The molecule has 0 N–H and O–H groups in total. The van der Waals surface area contributed by atoms with Crippen molar-refractivity contribution in [3.05, 3.63) is 12.7 Å². The maximum Gasteiger partial charge on any atom is 0.193 e. The van der Waals surface area contributed by atoms with E-state index in [4.69, 9.17) is 9.69 Å². The first-order valence-electron chi connectivity index (χ1n) is 5.35. The van der Waals surface area contributed by atoms with Crippen LogP contribution in [0.1, 0.15) is 27.7 Å². The van der Waals surface area contributed by atoms with Crippen molar-refractivity contribution in [3.63, 3.8) is 0 Å². The highest BCUT2D eigenvalue weighted by Crippen LogP contribution is 2.37. The second kappa shape index (κ2) is 4.96.